The van der Waals surface area contributed by atoms with Crippen LogP contribution in [0.15, 0.2) is 48.5 Å². The summed E-state index contributed by atoms with van der Waals surface area (Å²) >= 11 is 0. The molecule has 4 aromatic rings. The normalized spacial score (nSPS) is 22.4. The number of benzene rings is 2. The smallest absolute Gasteiger partial charge is 0.271 e. The van der Waals surface area contributed by atoms with Gasteiger partial charge in [-0.05, 0) is 43.3 Å². The molecular formula is C23H24N6O5. The molecule has 1 aliphatic heterocycles. The Morgan fingerprint density at radius 3 is 2.56 bits per heavy atom. The zero-order chi connectivity index (χ0) is 24.0. The molecule has 1 amide bonds. The number of nitrogens with zero attached hydrogens (tertiary/aromatic N) is 5. The molecule has 2 aromatic carbocycles. The lowest BCUT2D eigenvalue weighted by Crippen LogP contribution is -2.34. The predicted molar refractivity (Wildman–Crippen MR) is 121 cm³/mol. The van der Waals surface area contributed by atoms with E-state index in [2.05, 4.69) is 10.3 Å². The van der Waals surface area contributed by atoms with Crippen molar-refractivity contribution in [1.29, 1.82) is 0 Å². The number of aromatic nitrogens is 5. The van der Waals surface area contributed by atoms with E-state index < -0.39 is 30.4 Å². The lowest BCUT2D eigenvalue weighted by atomic mass is 10.1. The molecule has 4 atom stereocenters. The van der Waals surface area contributed by atoms with Gasteiger partial charge in [-0.1, -0.05) is 17.3 Å². The third kappa shape index (κ3) is 3.59. The van der Waals surface area contributed by atoms with Gasteiger partial charge in [0.2, 0.25) is 0 Å². The maximum absolute atomic E-state index is 11.5. The summed E-state index contributed by atoms with van der Waals surface area (Å²) < 4.78 is 14.5. The van der Waals surface area contributed by atoms with Crippen LogP contribution in [-0.2, 0) is 11.3 Å². The Morgan fingerprint density at radius 2 is 1.88 bits per heavy atom. The van der Waals surface area contributed by atoms with E-state index in [1.54, 1.807) is 14.0 Å². The second-order valence-corrected chi connectivity index (χ2v) is 8.14. The second-order valence-electron chi connectivity index (χ2n) is 8.14. The number of carbonyl (C=O) groups excluding carboxylic acids is 1. The summed E-state index contributed by atoms with van der Waals surface area (Å²) in [6, 6.07) is 15.2. The number of aliphatic hydroxyl groups excluding tert-OH is 2. The molecule has 0 spiro atoms. The fourth-order valence-corrected chi connectivity index (χ4v) is 4.29. The number of fused-ring (bicyclic) bond motifs is 1. The summed E-state index contributed by atoms with van der Waals surface area (Å²) in [5, 5.41) is 29.2. The number of amides is 1. The van der Waals surface area contributed by atoms with Crippen LogP contribution in [-0.4, -0.2) is 66.1 Å². The maximum Gasteiger partial charge on any atom is 0.271 e. The number of nitrogens with two attached hydrogens (primary N) is 1. The number of hydrogen-bond acceptors (Lipinski definition) is 8. The summed E-state index contributed by atoms with van der Waals surface area (Å²) in [4.78, 5) is 16.3. The van der Waals surface area contributed by atoms with Crippen molar-refractivity contribution >= 4 is 16.9 Å². The van der Waals surface area contributed by atoms with Crippen molar-refractivity contribution in [3.8, 4) is 17.1 Å². The van der Waals surface area contributed by atoms with Crippen molar-refractivity contribution in [1.82, 2.24) is 24.5 Å². The molecule has 11 nitrogen and oxygen atoms in total. The highest BCUT2D eigenvalue weighted by atomic mass is 16.6. The van der Waals surface area contributed by atoms with Gasteiger partial charge < -0.3 is 30.0 Å². The Kier molecular flexibility index (Phi) is 5.52. The van der Waals surface area contributed by atoms with Crippen LogP contribution in [0.1, 0.15) is 22.4 Å². The van der Waals surface area contributed by atoms with E-state index in [0.717, 1.165) is 22.3 Å². The fraction of sp³-hybridized carbons (Fsp3) is 0.304. The highest BCUT2D eigenvalue weighted by Gasteiger charge is 2.45. The highest BCUT2D eigenvalue weighted by Crippen LogP contribution is 2.33. The number of imidazole rings is 1. The minimum atomic E-state index is -1.29. The van der Waals surface area contributed by atoms with Crippen LogP contribution in [0.3, 0.4) is 0 Å². The van der Waals surface area contributed by atoms with Crippen LogP contribution in [0.25, 0.3) is 22.4 Å². The monoisotopic (exact) mass is 464 g/mol. The van der Waals surface area contributed by atoms with Gasteiger partial charge in [-0.25, -0.2) is 9.67 Å². The first-order chi connectivity index (χ1) is 16.4. The molecule has 3 heterocycles. The number of para-hydroxylation sites is 2. The Hall–Kier alpha value is -3.80. The molecule has 4 N–H and O–H groups in total. The van der Waals surface area contributed by atoms with Crippen LogP contribution < -0.4 is 10.5 Å². The Labute approximate surface area is 194 Å². The van der Waals surface area contributed by atoms with Gasteiger partial charge in [0.05, 0.1) is 30.4 Å². The first-order valence-electron chi connectivity index (χ1n) is 10.7. The molecule has 0 radical (unpaired) electrons. The lowest BCUT2D eigenvalue weighted by Gasteiger charge is -2.18. The first kappa shape index (κ1) is 22.0. The Balaban J connectivity index is 1.50. The largest absolute Gasteiger partial charge is 0.497 e. The van der Waals surface area contributed by atoms with Gasteiger partial charge in [0.1, 0.15) is 29.9 Å². The molecule has 176 valence electrons. The molecule has 11 heteroatoms. The van der Waals surface area contributed by atoms with Gasteiger partial charge in [0.15, 0.2) is 11.9 Å². The van der Waals surface area contributed by atoms with Gasteiger partial charge >= 0.3 is 0 Å². The molecule has 1 aliphatic rings. The minimum Gasteiger partial charge on any atom is -0.497 e. The number of rotatable bonds is 6. The van der Waals surface area contributed by atoms with Gasteiger partial charge in [-0.2, -0.15) is 0 Å². The molecule has 5 rings (SSSR count). The summed E-state index contributed by atoms with van der Waals surface area (Å²) in [5.74, 6) is 0.679. The zero-order valence-corrected chi connectivity index (χ0v) is 18.6. The fourth-order valence-electron chi connectivity index (χ4n) is 4.29. The first-order valence-corrected chi connectivity index (χ1v) is 10.7. The number of aliphatic hydroxyl groups is 2. The van der Waals surface area contributed by atoms with E-state index in [9.17, 15) is 15.0 Å². The average molecular weight is 464 g/mol. The third-order valence-corrected chi connectivity index (χ3v) is 6.10. The van der Waals surface area contributed by atoms with Gasteiger partial charge in [0.25, 0.3) is 5.91 Å². The lowest BCUT2D eigenvalue weighted by molar-refractivity contribution is -0.0499. The highest BCUT2D eigenvalue weighted by molar-refractivity contribution is 5.91. The van der Waals surface area contributed by atoms with Gasteiger partial charge in [-0.15, -0.1) is 5.10 Å². The van der Waals surface area contributed by atoms with E-state index in [1.165, 1.54) is 4.68 Å². The molecular weight excluding hydrogens is 440 g/mol. The summed E-state index contributed by atoms with van der Waals surface area (Å²) in [7, 11) is 1.61. The van der Waals surface area contributed by atoms with Gasteiger partial charge in [-0.3, -0.25) is 4.79 Å². The number of ether oxygens (including phenoxy) is 2. The van der Waals surface area contributed by atoms with Crippen molar-refractivity contribution in [2.24, 2.45) is 5.73 Å². The summed E-state index contributed by atoms with van der Waals surface area (Å²) in [6.07, 6.45) is -4.31. The van der Waals surface area contributed by atoms with Crippen molar-refractivity contribution in [2.45, 2.75) is 38.0 Å². The summed E-state index contributed by atoms with van der Waals surface area (Å²) in [5.41, 5.74) is 8.16. The topological polar surface area (TPSA) is 151 Å². The van der Waals surface area contributed by atoms with Crippen LogP contribution in [0, 0.1) is 6.92 Å². The van der Waals surface area contributed by atoms with Crippen LogP contribution in [0.2, 0.25) is 0 Å². The average Bonchev–Trinajstić information content (AvgIpc) is 3.49. The van der Waals surface area contributed by atoms with E-state index in [0.29, 0.717) is 11.5 Å². The Morgan fingerprint density at radius 1 is 1.15 bits per heavy atom. The number of carbonyl (C=O) groups is 1. The van der Waals surface area contributed by atoms with Gasteiger partial charge in [0, 0.05) is 5.56 Å². The predicted octanol–water partition coefficient (Wildman–Crippen LogP) is 1.03. The maximum atomic E-state index is 11.5. The molecule has 0 saturated carbocycles. The third-order valence-electron chi connectivity index (χ3n) is 6.10. The molecule has 0 aliphatic carbocycles. The number of methoxy groups -OCH3 is 1. The van der Waals surface area contributed by atoms with Crippen molar-refractivity contribution in [3.05, 3.63) is 59.9 Å². The Bertz CT molecular complexity index is 1350. The van der Waals surface area contributed by atoms with E-state index in [-0.39, 0.29) is 12.2 Å². The van der Waals surface area contributed by atoms with E-state index >= 15 is 0 Å². The molecule has 34 heavy (non-hydrogen) atoms. The SMILES string of the molecule is COc1ccc(-c2nc3ccccc3n2C[C@H]2O[C@@H](n3nnc(C(N)=O)c3C)[C@H](O)[C@@H]2O)cc1. The molecule has 0 bridgehead atoms. The minimum absolute atomic E-state index is 0.0175. The second kappa shape index (κ2) is 8.52. The van der Waals surface area contributed by atoms with Crippen molar-refractivity contribution in [2.75, 3.05) is 7.11 Å². The standard InChI is InChI=1S/C23H24N6O5/c1-12-18(21(24)32)26-27-29(12)23-20(31)19(30)17(34-23)11-28-16-6-4-3-5-15(16)25-22(28)13-7-9-14(33-2)10-8-13/h3-10,17,19-20,23,30-31H,11H2,1-2H3,(H2,24,32)/t17-,19-,20-,23-/m1/s1. The zero-order valence-electron chi connectivity index (χ0n) is 18.6. The van der Waals surface area contributed by atoms with E-state index in [1.807, 2.05) is 53.1 Å². The van der Waals surface area contributed by atoms with Crippen molar-refractivity contribution in [3.63, 3.8) is 0 Å². The summed E-state index contributed by atoms with van der Waals surface area (Å²) in [6.45, 7) is 1.81. The molecule has 2 aromatic heterocycles. The van der Waals surface area contributed by atoms with Crippen molar-refractivity contribution < 1.29 is 24.5 Å². The molecule has 0 unspecified atom stereocenters. The van der Waals surface area contributed by atoms with Crippen LogP contribution in [0.5, 0.6) is 5.75 Å². The quantitative estimate of drug-likeness (QED) is 0.383. The van der Waals surface area contributed by atoms with Crippen LogP contribution >= 0.6 is 0 Å². The molecule has 1 fully saturated rings. The number of hydrogen-bond donors (Lipinski definition) is 3. The number of primary amides is 1. The van der Waals surface area contributed by atoms with E-state index in [4.69, 9.17) is 20.2 Å². The van der Waals surface area contributed by atoms with Crippen LogP contribution in [0.4, 0.5) is 0 Å². The molecule has 1 saturated heterocycles.